The zero-order chi connectivity index (χ0) is 16.8. The molecule has 0 amide bonds. The minimum Gasteiger partial charge on any atom is -0.370 e. The Bertz CT molecular complexity index is 533. The molecule has 140 valence electrons. The molecule has 1 aliphatic heterocycles. The van der Waals surface area contributed by atoms with Gasteiger partial charge in [-0.1, -0.05) is 25.3 Å². The fraction of sp³-hybridized carbons (Fsp3) is 0.667. The largest absolute Gasteiger partial charge is 0.370 e. The molecule has 0 atom stereocenters. The summed E-state index contributed by atoms with van der Waals surface area (Å²) in [7, 11) is 2.16. The van der Waals surface area contributed by atoms with Crippen LogP contribution in [0, 0.1) is 0 Å². The minimum atomic E-state index is 0. The van der Waals surface area contributed by atoms with E-state index < -0.39 is 0 Å². The van der Waals surface area contributed by atoms with Crippen LogP contribution in [0.1, 0.15) is 37.7 Å². The third-order valence-corrected chi connectivity index (χ3v) is 5.03. The van der Waals surface area contributed by atoms with Crippen molar-refractivity contribution in [1.82, 2.24) is 15.2 Å². The maximum Gasteiger partial charge on any atom is 0.189 e. The molecule has 2 fully saturated rings. The second kappa shape index (κ2) is 10.2. The van der Waals surface area contributed by atoms with E-state index in [1.807, 2.05) is 6.20 Å². The molecule has 3 N–H and O–H groups in total. The highest BCUT2D eigenvalue weighted by Crippen LogP contribution is 2.17. The van der Waals surface area contributed by atoms with Crippen molar-refractivity contribution in [3.63, 3.8) is 0 Å². The van der Waals surface area contributed by atoms with Gasteiger partial charge in [0.15, 0.2) is 5.96 Å². The van der Waals surface area contributed by atoms with Crippen LogP contribution < -0.4 is 16.0 Å². The van der Waals surface area contributed by atoms with Crippen LogP contribution in [-0.4, -0.2) is 55.1 Å². The fourth-order valence-electron chi connectivity index (χ4n) is 3.41. The van der Waals surface area contributed by atoms with Crippen molar-refractivity contribution in [2.75, 3.05) is 38.1 Å². The standard InChI is InChI=1S/C18H30N6.HI/c1-23-9-11-24(12-10-23)17-8-7-15(13-20-17)14-21-18(19)22-16-5-3-2-4-6-16;/h7-8,13,16H,2-6,9-12,14H2,1H3,(H3,19,21,22);1H. The quantitative estimate of drug-likeness (QED) is 0.411. The highest BCUT2D eigenvalue weighted by molar-refractivity contribution is 14.0. The number of piperazine rings is 1. The van der Waals surface area contributed by atoms with Crippen molar-refractivity contribution in [1.29, 1.82) is 0 Å². The molecule has 1 saturated heterocycles. The van der Waals surface area contributed by atoms with Gasteiger partial charge in [-0.05, 0) is 31.5 Å². The van der Waals surface area contributed by atoms with Crippen LogP contribution in [0.25, 0.3) is 0 Å². The van der Waals surface area contributed by atoms with E-state index in [1.54, 1.807) is 0 Å². The van der Waals surface area contributed by atoms with Gasteiger partial charge in [-0.25, -0.2) is 9.98 Å². The van der Waals surface area contributed by atoms with E-state index in [0.717, 1.165) is 37.6 Å². The molecule has 6 nitrogen and oxygen atoms in total. The van der Waals surface area contributed by atoms with Gasteiger partial charge < -0.3 is 20.9 Å². The van der Waals surface area contributed by atoms with Gasteiger partial charge in [-0.2, -0.15) is 0 Å². The Balaban J connectivity index is 0.00000225. The molecule has 0 spiro atoms. The average molecular weight is 458 g/mol. The van der Waals surface area contributed by atoms with E-state index in [9.17, 15) is 0 Å². The van der Waals surface area contributed by atoms with Crippen molar-refractivity contribution < 1.29 is 0 Å². The van der Waals surface area contributed by atoms with E-state index in [0.29, 0.717) is 18.5 Å². The van der Waals surface area contributed by atoms with E-state index >= 15 is 0 Å². The molecular weight excluding hydrogens is 427 g/mol. The second-order valence-electron chi connectivity index (χ2n) is 7.00. The smallest absolute Gasteiger partial charge is 0.189 e. The molecule has 3 rings (SSSR count). The zero-order valence-electron chi connectivity index (χ0n) is 15.2. The van der Waals surface area contributed by atoms with E-state index in [-0.39, 0.29) is 24.0 Å². The summed E-state index contributed by atoms with van der Waals surface area (Å²) in [5.74, 6) is 1.62. The Kier molecular flexibility index (Phi) is 8.21. The van der Waals surface area contributed by atoms with Gasteiger partial charge in [-0.15, -0.1) is 24.0 Å². The van der Waals surface area contributed by atoms with Crippen LogP contribution in [0.5, 0.6) is 0 Å². The Morgan fingerprint density at radius 2 is 1.92 bits per heavy atom. The molecule has 2 aliphatic rings. The van der Waals surface area contributed by atoms with Gasteiger partial charge in [0.25, 0.3) is 0 Å². The van der Waals surface area contributed by atoms with Crippen LogP contribution in [0.3, 0.4) is 0 Å². The first-order valence-electron chi connectivity index (χ1n) is 9.15. The second-order valence-corrected chi connectivity index (χ2v) is 7.00. The van der Waals surface area contributed by atoms with E-state index in [2.05, 4.69) is 44.3 Å². The number of guanidine groups is 1. The Morgan fingerprint density at radius 1 is 1.20 bits per heavy atom. The number of nitrogens with two attached hydrogens (primary N) is 1. The van der Waals surface area contributed by atoms with E-state index in [1.165, 1.54) is 32.1 Å². The molecule has 0 radical (unpaired) electrons. The SMILES string of the molecule is CN1CCN(c2ccc(CN=C(N)NC3CCCCC3)cn2)CC1.I. The van der Waals surface area contributed by atoms with Crippen molar-refractivity contribution in [3.05, 3.63) is 23.9 Å². The van der Waals surface area contributed by atoms with Crippen molar-refractivity contribution in [2.24, 2.45) is 10.7 Å². The maximum atomic E-state index is 6.02. The zero-order valence-corrected chi connectivity index (χ0v) is 17.5. The summed E-state index contributed by atoms with van der Waals surface area (Å²) in [5, 5.41) is 3.35. The van der Waals surface area contributed by atoms with Crippen molar-refractivity contribution in [3.8, 4) is 0 Å². The molecule has 1 aliphatic carbocycles. The first-order chi connectivity index (χ1) is 11.7. The number of aliphatic imine (C=N–C) groups is 1. The Labute approximate surface area is 168 Å². The normalized spacial score (nSPS) is 20.2. The number of rotatable bonds is 4. The molecular formula is C18H31IN6. The average Bonchev–Trinajstić information content (AvgIpc) is 2.62. The lowest BCUT2D eigenvalue weighted by molar-refractivity contribution is 0.312. The lowest BCUT2D eigenvalue weighted by Crippen LogP contribution is -2.44. The predicted octanol–water partition coefficient (Wildman–Crippen LogP) is 2.19. The van der Waals surface area contributed by atoms with Crippen LogP contribution in [0.15, 0.2) is 23.3 Å². The lowest BCUT2D eigenvalue weighted by Gasteiger charge is -2.33. The van der Waals surface area contributed by atoms with Crippen molar-refractivity contribution in [2.45, 2.75) is 44.7 Å². The number of hydrogen-bond acceptors (Lipinski definition) is 4. The summed E-state index contributed by atoms with van der Waals surface area (Å²) in [5.41, 5.74) is 7.12. The van der Waals surface area contributed by atoms with Gasteiger partial charge >= 0.3 is 0 Å². The minimum absolute atomic E-state index is 0. The third kappa shape index (κ3) is 6.29. The van der Waals surface area contributed by atoms with E-state index in [4.69, 9.17) is 5.73 Å². The molecule has 7 heteroatoms. The summed E-state index contributed by atoms with van der Waals surface area (Å²) < 4.78 is 0. The highest BCUT2D eigenvalue weighted by atomic mass is 127. The first-order valence-corrected chi connectivity index (χ1v) is 9.15. The topological polar surface area (TPSA) is 69.8 Å². The van der Waals surface area contributed by atoms with Gasteiger partial charge in [0.05, 0.1) is 6.54 Å². The van der Waals surface area contributed by atoms with Gasteiger partial charge in [0.2, 0.25) is 0 Å². The number of likely N-dealkylation sites (N-methyl/N-ethyl adjacent to an activating group) is 1. The number of aromatic nitrogens is 1. The maximum absolute atomic E-state index is 6.02. The highest BCUT2D eigenvalue weighted by Gasteiger charge is 2.15. The van der Waals surface area contributed by atoms with Crippen molar-refractivity contribution >= 4 is 35.8 Å². The summed E-state index contributed by atoms with van der Waals surface area (Å²) in [6, 6.07) is 4.71. The summed E-state index contributed by atoms with van der Waals surface area (Å²) in [4.78, 5) is 13.7. The number of anilines is 1. The molecule has 25 heavy (non-hydrogen) atoms. The number of halogens is 1. The number of nitrogens with one attached hydrogen (secondary N) is 1. The summed E-state index contributed by atoms with van der Waals surface area (Å²) in [6.07, 6.45) is 8.27. The molecule has 0 aromatic carbocycles. The lowest BCUT2D eigenvalue weighted by atomic mass is 9.96. The van der Waals surface area contributed by atoms with Crippen LogP contribution in [0.4, 0.5) is 5.82 Å². The van der Waals surface area contributed by atoms with Crippen LogP contribution in [0.2, 0.25) is 0 Å². The number of hydrogen-bond donors (Lipinski definition) is 2. The molecule has 0 unspecified atom stereocenters. The van der Waals surface area contributed by atoms with Gasteiger partial charge in [-0.3, -0.25) is 0 Å². The summed E-state index contributed by atoms with van der Waals surface area (Å²) >= 11 is 0. The van der Waals surface area contributed by atoms with Crippen LogP contribution >= 0.6 is 24.0 Å². The molecule has 1 aromatic rings. The first kappa shape index (κ1) is 20.2. The number of pyridine rings is 1. The molecule has 1 saturated carbocycles. The predicted molar refractivity (Wildman–Crippen MR) is 115 cm³/mol. The fourth-order valence-corrected chi connectivity index (χ4v) is 3.41. The molecule has 2 heterocycles. The Morgan fingerprint density at radius 3 is 2.56 bits per heavy atom. The monoisotopic (exact) mass is 458 g/mol. The molecule has 0 bridgehead atoms. The van der Waals surface area contributed by atoms with Gasteiger partial charge in [0, 0.05) is 38.4 Å². The van der Waals surface area contributed by atoms with Gasteiger partial charge in [0.1, 0.15) is 5.82 Å². The summed E-state index contributed by atoms with van der Waals surface area (Å²) in [6.45, 7) is 4.86. The third-order valence-electron chi connectivity index (χ3n) is 5.03. The van der Waals surface area contributed by atoms with Crippen LogP contribution in [-0.2, 0) is 6.54 Å². The molecule has 1 aromatic heterocycles. The Hall–Kier alpha value is -1.09. The number of nitrogens with zero attached hydrogens (tertiary/aromatic N) is 4.